The Morgan fingerprint density at radius 3 is 1.69 bits per heavy atom. The predicted octanol–water partition coefficient (Wildman–Crippen LogP) is 1.83. The Morgan fingerprint density at radius 2 is 1.46 bits per heavy atom. The zero-order valence-corrected chi connectivity index (χ0v) is 11.3. The molecule has 0 aliphatic rings. The molecule has 0 bridgehead atoms. The van der Waals surface area contributed by atoms with Gasteiger partial charge in [-0.1, -0.05) is 6.92 Å². The molecule has 0 aromatic rings. The maximum absolute atomic E-state index is 5.33. The summed E-state index contributed by atoms with van der Waals surface area (Å²) < 4.78 is 16.0. The summed E-state index contributed by atoms with van der Waals surface area (Å²) >= 11 is 8.41. The average molecular weight is 242 g/mol. The quantitative estimate of drug-likeness (QED) is 0.423. The third-order valence-corrected chi connectivity index (χ3v) is 5.59. The predicted molar refractivity (Wildman–Crippen MR) is 62.6 cm³/mol. The summed E-state index contributed by atoms with van der Waals surface area (Å²) in [5.41, 5.74) is 0.201. The van der Waals surface area contributed by atoms with Gasteiger partial charge in [0.25, 0.3) is 0 Å². The lowest BCUT2D eigenvalue weighted by Gasteiger charge is -2.30. The Balaban J connectivity index is 4.34. The summed E-state index contributed by atoms with van der Waals surface area (Å²) in [6, 6.07) is 0. The number of thiol groups is 2. The third-order valence-electron chi connectivity index (χ3n) is 2.02. The summed E-state index contributed by atoms with van der Waals surface area (Å²) in [6.07, 6.45) is 0.800. The fraction of sp³-hybridized carbons (Fsp3) is 1.00. The molecule has 1 unspecified atom stereocenters. The van der Waals surface area contributed by atoms with Gasteiger partial charge in [-0.05, 0) is 6.42 Å². The minimum atomic E-state index is -2.48. The fourth-order valence-electron chi connectivity index (χ4n) is 1.31. The highest BCUT2D eigenvalue weighted by molar-refractivity contribution is 7.99. The second kappa shape index (κ2) is 6.31. The van der Waals surface area contributed by atoms with Crippen LogP contribution in [-0.2, 0) is 13.3 Å². The van der Waals surface area contributed by atoms with Crippen LogP contribution in [0.5, 0.6) is 0 Å². The van der Waals surface area contributed by atoms with Gasteiger partial charge < -0.3 is 13.3 Å². The summed E-state index contributed by atoms with van der Waals surface area (Å²) in [5.74, 6) is 0. The molecule has 0 saturated carbocycles. The zero-order valence-electron chi connectivity index (χ0n) is 8.48. The van der Waals surface area contributed by atoms with Gasteiger partial charge in [-0.15, -0.1) is 0 Å². The molecule has 0 aliphatic carbocycles. The first-order valence-corrected chi connectivity index (χ1v) is 6.87. The SMILES string of the molecule is CO[Si](OC)(OC)C(C)CC(S)S. The Morgan fingerprint density at radius 1 is 1.08 bits per heavy atom. The molecular formula is C7H18O3S2Si. The molecule has 0 fully saturated rings. The molecule has 0 aromatic heterocycles. The molecule has 0 aliphatic heterocycles. The van der Waals surface area contributed by atoms with Crippen molar-refractivity contribution in [2.75, 3.05) is 21.3 Å². The summed E-state index contributed by atoms with van der Waals surface area (Å²) in [6.45, 7) is 2.03. The van der Waals surface area contributed by atoms with Gasteiger partial charge in [-0.2, -0.15) is 25.3 Å². The highest BCUT2D eigenvalue weighted by atomic mass is 32.2. The van der Waals surface area contributed by atoms with Crippen molar-refractivity contribution < 1.29 is 13.3 Å². The average Bonchev–Trinajstić information content (AvgIpc) is 2.07. The third kappa shape index (κ3) is 3.81. The van der Waals surface area contributed by atoms with E-state index in [-0.39, 0.29) is 10.1 Å². The van der Waals surface area contributed by atoms with E-state index in [4.69, 9.17) is 13.3 Å². The van der Waals surface area contributed by atoms with Crippen molar-refractivity contribution in [1.82, 2.24) is 0 Å². The van der Waals surface area contributed by atoms with Crippen molar-refractivity contribution >= 4 is 34.1 Å². The molecule has 0 radical (unpaired) electrons. The molecule has 0 heterocycles. The summed E-state index contributed by atoms with van der Waals surface area (Å²) in [5, 5.41) is 0. The molecule has 3 nitrogen and oxygen atoms in total. The molecule has 0 aromatic carbocycles. The fourth-order valence-corrected chi connectivity index (χ4v) is 4.57. The van der Waals surface area contributed by atoms with Crippen molar-refractivity contribution in [3.8, 4) is 0 Å². The Kier molecular flexibility index (Phi) is 6.70. The summed E-state index contributed by atoms with van der Waals surface area (Å²) in [4.78, 5) is 0. The van der Waals surface area contributed by atoms with Crippen molar-refractivity contribution in [2.45, 2.75) is 23.5 Å². The lowest BCUT2D eigenvalue weighted by Crippen LogP contribution is -2.47. The van der Waals surface area contributed by atoms with Gasteiger partial charge in [0.1, 0.15) is 0 Å². The Hall–Kier alpha value is 0.797. The van der Waals surface area contributed by atoms with Crippen LogP contribution in [-0.4, -0.2) is 34.7 Å². The second-order valence-corrected chi connectivity index (χ2v) is 7.90. The van der Waals surface area contributed by atoms with Crippen LogP contribution < -0.4 is 0 Å². The maximum Gasteiger partial charge on any atom is 0.503 e. The van der Waals surface area contributed by atoms with Crippen molar-refractivity contribution in [3.05, 3.63) is 0 Å². The van der Waals surface area contributed by atoms with Gasteiger partial charge in [0, 0.05) is 31.5 Å². The highest BCUT2D eigenvalue weighted by Gasteiger charge is 2.44. The van der Waals surface area contributed by atoms with Crippen LogP contribution in [0.1, 0.15) is 13.3 Å². The first-order chi connectivity index (χ1) is 6.02. The maximum atomic E-state index is 5.33. The molecule has 80 valence electrons. The minimum absolute atomic E-state index is 0.0299. The van der Waals surface area contributed by atoms with Gasteiger partial charge >= 0.3 is 8.80 Å². The van der Waals surface area contributed by atoms with Crippen LogP contribution in [0.15, 0.2) is 0 Å². The molecule has 0 rings (SSSR count). The first-order valence-electron chi connectivity index (χ1n) is 4.04. The van der Waals surface area contributed by atoms with E-state index in [1.54, 1.807) is 21.3 Å². The largest absolute Gasteiger partial charge is 0.503 e. The number of rotatable bonds is 6. The van der Waals surface area contributed by atoms with Crippen LogP contribution in [0.4, 0.5) is 0 Å². The Bertz CT molecular complexity index is 133. The molecule has 0 spiro atoms. The lowest BCUT2D eigenvalue weighted by molar-refractivity contribution is 0.112. The van der Waals surface area contributed by atoms with E-state index in [1.807, 2.05) is 6.92 Å². The van der Waals surface area contributed by atoms with Gasteiger partial charge in [-0.25, -0.2) is 0 Å². The van der Waals surface area contributed by atoms with Crippen LogP contribution in [0.25, 0.3) is 0 Å². The van der Waals surface area contributed by atoms with E-state index in [1.165, 1.54) is 0 Å². The second-order valence-electron chi connectivity index (χ2n) is 2.83. The zero-order chi connectivity index (χ0) is 10.5. The lowest BCUT2D eigenvalue weighted by atomic mass is 10.4. The van der Waals surface area contributed by atoms with E-state index in [0.717, 1.165) is 6.42 Å². The van der Waals surface area contributed by atoms with Gasteiger partial charge in [-0.3, -0.25) is 0 Å². The standard InChI is InChI=1S/C7H18O3S2Si/c1-6(5-7(11)12)13(8-2,9-3)10-4/h6-7,11-12H,5H2,1-4H3. The summed E-state index contributed by atoms with van der Waals surface area (Å²) in [7, 11) is 2.36. The number of hydrogen-bond donors (Lipinski definition) is 2. The topological polar surface area (TPSA) is 27.7 Å². The highest BCUT2D eigenvalue weighted by Crippen LogP contribution is 2.30. The molecule has 6 heteroatoms. The first kappa shape index (κ1) is 13.8. The van der Waals surface area contributed by atoms with E-state index >= 15 is 0 Å². The van der Waals surface area contributed by atoms with Gasteiger partial charge in [0.15, 0.2) is 0 Å². The van der Waals surface area contributed by atoms with Crippen LogP contribution in [0, 0.1) is 0 Å². The van der Waals surface area contributed by atoms with E-state index < -0.39 is 8.80 Å². The van der Waals surface area contributed by atoms with E-state index in [0.29, 0.717) is 0 Å². The smallest absolute Gasteiger partial charge is 0.377 e. The van der Waals surface area contributed by atoms with Crippen LogP contribution in [0.2, 0.25) is 5.54 Å². The van der Waals surface area contributed by atoms with E-state index in [2.05, 4.69) is 25.3 Å². The molecular weight excluding hydrogens is 224 g/mol. The van der Waals surface area contributed by atoms with Gasteiger partial charge in [0.2, 0.25) is 0 Å². The normalized spacial score (nSPS) is 15.0. The van der Waals surface area contributed by atoms with Crippen molar-refractivity contribution in [3.63, 3.8) is 0 Å². The molecule has 0 saturated heterocycles. The van der Waals surface area contributed by atoms with Crippen LogP contribution in [0.3, 0.4) is 0 Å². The molecule has 0 N–H and O–H groups in total. The Labute approximate surface area is 92.3 Å². The van der Waals surface area contributed by atoms with Crippen molar-refractivity contribution in [2.24, 2.45) is 0 Å². The van der Waals surface area contributed by atoms with E-state index in [9.17, 15) is 0 Å². The van der Waals surface area contributed by atoms with Crippen molar-refractivity contribution in [1.29, 1.82) is 0 Å². The number of hydrogen-bond acceptors (Lipinski definition) is 5. The molecule has 13 heavy (non-hydrogen) atoms. The van der Waals surface area contributed by atoms with Gasteiger partial charge in [0.05, 0.1) is 0 Å². The monoisotopic (exact) mass is 242 g/mol. The van der Waals surface area contributed by atoms with Crippen LogP contribution >= 0.6 is 25.3 Å². The molecule has 0 amide bonds. The molecule has 1 atom stereocenters. The minimum Gasteiger partial charge on any atom is -0.377 e.